The highest BCUT2D eigenvalue weighted by atomic mass is 79.9. The molecule has 0 bridgehead atoms. The molecule has 1 rings (SSSR count). The van der Waals surface area contributed by atoms with Crippen LogP contribution in [0, 0.1) is 5.92 Å². The molecule has 1 nitrogen and oxygen atoms in total. The first kappa shape index (κ1) is 12.4. The number of carbonyl (C=O) groups excluding carboxylic acids is 1. The van der Waals surface area contributed by atoms with Crippen LogP contribution in [-0.4, -0.2) is 5.78 Å². The van der Waals surface area contributed by atoms with Gasteiger partial charge in [0.05, 0.1) is 9.35 Å². The van der Waals surface area contributed by atoms with E-state index < -0.39 is 0 Å². The summed E-state index contributed by atoms with van der Waals surface area (Å²) in [5.41, 5.74) is 0. The molecule has 1 unspecified atom stereocenters. The molecule has 0 radical (unpaired) electrons. The Hall–Kier alpha value is 0.330. The first-order valence-corrected chi connectivity index (χ1v) is 7.01. The van der Waals surface area contributed by atoms with E-state index in [1.165, 1.54) is 11.3 Å². The van der Waals surface area contributed by atoms with Crippen molar-refractivity contribution in [1.29, 1.82) is 0 Å². The van der Waals surface area contributed by atoms with Crippen LogP contribution >= 0.6 is 43.2 Å². The van der Waals surface area contributed by atoms with E-state index in [4.69, 9.17) is 0 Å². The Labute approximate surface area is 105 Å². The van der Waals surface area contributed by atoms with Crippen molar-refractivity contribution < 1.29 is 4.79 Å². The Morgan fingerprint density at radius 2 is 2.21 bits per heavy atom. The average Bonchev–Trinajstić information content (AvgIpc) is 2.47. The van der Waals surface area contributed by atoms with Crippen molar-refractivity contribution in [3.05, 3.63) is 19.2 Å². The summed E-state index contributed by atoms with van der Waals surface area (Å²) < 4.78 is 1.87. The third-order valence-electron chi connectivity index (χ3n) is 2.08. The first-order valence-electron chi connectivity index (χ1n) is 4.54. The highest BCUT2D eigenvalue weighted by molar-refractivity contribution is 9.13. The van der Waals surface area contributed by atoms with E-state index >= 15 is 0 Å². The highest BCUT2D eigenvalue weighted by Crippen LogP contribution is 2.34. The van der Waals surface area contributed by atoms with Crippen molar-refractivity contribution in [1.82, 2.24) is 0 Å². The van der Waals surface area contributed by atoms with Gasteiger partial charge >= 0.3 is 0 Å². The van der Waals surface area contributed by atoms with Gasteiger partial charge in [0.15, 0.2) is 5.78 Å². The van der Waals surface area contributed by atoms with E-state index in [0.717, 1.165) is 26.7 Å². The van der Waals surface area contributed by atoms with Crippen LogP contribution in [-0.2, 0) is 0 Å². The number of rotatable bonds is 4. The van der Waals surface area contributed by atoms with Gasteiger partial charge in [-0.25, -0.2) is 0 Å². The van der Waals surface area contributed by atoms with E-state index in [1.807, 2.05) is 12.3 Å². The predicted molar refractivity (Wildman–Crippen MR) is 68.1 cm³/mol. The number of ketones is 1. The van der Waals surface area contributed by atoms with Crippen LogP contribution in [0.1, 0.15) is 36.4 Å². The van der Waals surface area contributed by atoms with Crippen LogP contribution in [0.15, 0.2) is 14.3 Å². The zero-order valence-corrected chi connectivity index (χ0v) is 12.1. The summed E-state index contributed by atoms with van der Waals surface area (Å²) in [7, 11) is 0. The van der Waals surface area contributed by atoms with E-state index in [9.17, 15) is 4.79 Å². The average molecular weight is 340 g/mol. The van der Waals surface area contributed by atoms with Crippen molar-refractivity contribution in [2.45, 2.75) is 26.7 Å². The van der Waals surface area contributed by atoms with E-state index in [2.05, 4.69) is 38.8 Å². The smallest absolute Gasteiger partial charge is 0.176 e. The minimum absolute atomic E-state index is 0.127. The molecule has 0 fully saturated rings. The lowest BCUT2D eigenvalue weighted by Gasteiger charge is -2.07. The lowest BCUT2D eigenvalue weighted by atomic mass is 10.0. The summed E-state index contributed by atoms with van der Waals surface area (Å²) >= 11 is 8.29. The molecular formula is C10H12Br2OS. The van der Waals surface area contributed by atoms with E-state index in [0.29, 0.717) is 0 Å². The van der Waals surface area contributed by atoms with E-state index in [1.54, 1.807) is 0 Å². The number of thiophene rings is 1. The lowest BCUT2D eigenvalue weighted by Crippen LogP contribution is -2.09. The largest absolute Gasteiger partial charge is 0.293 e. The Bertz CT molecular complexity index is 333. The number of hydrogen-bond donors (Lipinski definition) is 0. The van der Waals surface area contributed by atoms with Crippen LogP contribution in [0.4, 0.5) is 0 Å². The fourth-order valence-electron chi connectivity index (χ4n) is 1.28. The topological polar surface area (TPSA) is 17.1 Å². The molecule has 0 saturated carbocycles. The Morgan fingerprint density at radius 1 is 1.57 bits per heavy atom. The van der Waals surface area contributed by atoms with Crippen LogP contribution < -0.4 is 0 Å². The van der Waals surface area contributed by atoms with Gasteiger partial charge in [0.25, 0.3) is 0 Å². The normalized spacial score (nSPS) is 12.9. The van der Waals surface area contributed by atoms with Crippen LogP contribution in [0.3, 0.4) is 0 Å². The minimum atomic E-state index is 0.127. The monoisotopic (exact) mass is 338 g/mol. The van der Waals surface area contributed by atoms with Gasteiger partial charge < -0.3 is 0 Å². The molecule has 1 heterocycles. The second kappa shape index (κ2) is 5.42. The molecule has 0 aliphatic rings. The minimum Gasteiger partial charge on any atom is -0.293 e. The molecule has 14 heavy (non-hydrogen) atoms. The molecule has 0 aliphatic heterocycles. The third-order valence-corrected chi connectivity index (χ3v) is 5.62. The van der Waals surface area contributed by atoms with Crippen molar-refractivity contribution in [3.8, 4) is 0 Å². The summed E-state index contributed by atoms with van der Waals surface area (Å²) in [5, 5.41) is 1.94. The molecule has 78 valence electrons. The first-order chi connectivity index (χ1) is 6.57. The molecule has 0 aliphatic carbocycles. The fraction of sp³-hybridized carbons (Fsp3) is 0.500. The maximum atomic E-state index is 11.9. The molecule has 1 atom stereocenters. The van der Waals surface area contributed by atoms with Crippen molar-refractivity contribution >= 4 is 49.0 Å². The van der Waals surface area contributed by atoms with Gasteiger partial charge in [-0.3, -0.25) is 4.79 Å². The molecular weight excluding hydrogens is 328 g/mol. The number of carbonyl (C=O) groups is 1. The van der Waals surface area contributed by atoms with Gasteiger partial charge in [0.1, 0.15) is 0 Å². The van der Waals surface area contributed by atoms with Gasteiger partial charge in [0.2, 0.25) is 0 Å². The maximum Gasteiger partial charge on any atom is 0.176 e. The SMILES string of the molecule is CCCC(C)C(=O)c1scc(Br)c1Br. The quantitative estimate of drug-likeness (QED) is 0.713. The second-order valence-corrected chi connectivity index (χ2v) is 5.81. The standard InChI is InChI=1S/C10H12Br2OS/c1-3-4-6(2)9(13)10-8(12)7(11)5-14-10/h5-6H,3-4H2,1-2H3. The molecule has 0 aromatic carbocycles. The van der Waals surface area contributed by atoms with Gasteiger partial charge in [-0.2, -0.15) is 0 Å². The van der Waals surface area contributed by atoms with Crippen molar-refractivity contribution in [3.63, 3.8) is 0 Å². The molecule has 0 N–H and O–H groups in total. The molecule has 4 heteroatoms. The van der Waals surface area contributed by atoms with Gasteiger partial charge in [-0.15, -0.1) is 11.3 Å². The van der Waals surface area contributed by atoms with Gasteiger partial charge in [-0.1, -0.05) is 20.3 Å². The Kier molecular flexibility index (Phi) is 4.80. The molecule has 1 aromatic heterocycles. The fourth-order valence-corrected chi connectivity index (χ4v) is 3.50. The zero-order chi connectivity index (χ0) is 10.7. The summed E-state index contributed by atoms with van der Waals surface area (Å²) in [6.45, 7) is 4.09. The molecule has 0 saturated heterocycles. The van der Waals surface area contributed by atoms with Crippen LogP contribution in [0.2, 0.25) is 0 Å². The predicted octanol–water partition coefficient (Wildman–Crippen LogP) is 4.89. The number of hydrogen-bond acceptors (Lipinski definition) is 2. The second-order valence-electron chi connectivity index (χ2n) is 3.28. The van der Waals surface area contributed by atoms with Crippen molar-refractivity contribution in [2.75, 3.05) is 0 Å². The summed E-state index contributed by atoms with van der Waals surface area (Å²) in [4.78, 5) is 12.8. The van der Waals surface area contributed by atoms with Gasteiger partial charge in [0, 0.05) is 15.8 Å². The lowest BCUT2D eigenvalue weighted by molar-refractivity contribution is 0.0927. The Balaban J connectivity index is 2.84. The molecule has 0 spiro atoms. The third kappa shape index (κ3) is 2.67. The summed E-state index contributed by atoms with van der Waals surface area (Å²) in [6, 6.07) is 0. The summed E-state index contributed by atoms with van der Waals surface area (Å²) in [5.74, 6) is 0.372. The number of Topliss-reactive ketones (excluding diaryl/α,β-unsaturated/α-hetero) is 1. The van der Waals surface area contributed by atoms with Crippen LogP contribution in [0.25, 0.3) is 0 Å². The van der Waals surface area contributed by atoms with Crippen molar-refractivity contribution in [2.24, 2.45) is 5.92 Å². The summed E-state index contributed by atoms with van der Waals surface area (Å²) in [6.07, 6.45) is 2.01. The Morgan fingerprint density at radius 3 is 2.64 bits per heavy atom. The highest BCUT2D eigenvalue weighted by Gasteiger charge is 2.19. The maximum absolute atomic E-state index is 11.9. The van der Waals surface area contributed by atoms with Gasteiger partial charge in [-0.05, 0) is 38.3 Å². The molecule has 1 aromatic rings. The zero-order valence-electron chi connectivity index (χ0n) is 8.14. The van der Waals surface area contributed by atoms with E-state index in [-0.39, 0.29) is 11.7 Å². The molecule has 0 amide bonds. The van der Waals surface area contributed by atoms with Crippen LogP contribution in [0.5, 0.6) is 0 Å². The number of halogens is 2.